The molecule has 0 saturated carbocycles. The minimum absolute atomic E-state index is 0.726. The van der Waals surface area contributed by atoms with Gasteiger partial charge in [-0.25, -0.2) is 23.2 Å². The zero-order valence-electron chi connectivity index (χ0n) is 9.72. The SMILES string of the molecule is [O-][Cl+3]([O-])([O-])[O-].[O-][n+]1cccc(C[n+]2ccccc2)c1. The van der Waals surface area contributed by atoms with Crippen molar-refractivity contribution in [1.29, 1.82) is 0 Å². The molecule has 0 aliphatic rings. The first-order chi connectivity index (χ1) is 8.84. The molecular weight excluding hydrogens is 276 g/mol. The highest BCUT2D eigenvalue weighted by molar-refractivity contribution is 5.03. The number of halogens is 1. The van der Waals surface area contributed by atoms with Crippen molar-refractivity contribution >= 4 is 0 Å². The molecule has 19 heavy (non-hydrogen) atoms. The molecule has 0 unspecified atom stereocenters. The summed E-state index contributed by atoms with van der Waals surface area (Å²) in [5.74, 6) is 0. The van der Waals surface area contributed by atoms with Crippen molar-refractivity contribution in [3.63, 3.8) is 0 Å². The van der Waals surface area contributed by atoms with Crippen molar-refractivity contribution in [2.75, 3.05) is 0 Å². The molecule has 8 heteroatoms. The Hall–Kier alpha value is -1.77. The van der Waals surface area contributed by atoms with Crippen molar-refractivity contribution in [3.05, 3.63) is 65.9 Å². The minimum Gasteiger partial charge on any atom is -0.619 e. The van der Waals surface area contributed by atoms with Crippen molar-refractivity contribution < 1.29 is 38.2 Å². The van der Waals surface area contributed by atoms with Gasteiger partial charge < -0.3 is 5.21 Å². The summed E-state index contributed by atoms with van der Waals surface area (Å²) in [4.78, 5) is 0. The van der Waals surface area contributed by atoms with E-state index in [-0.39, 0.29) is 0 Å². The maximum atomic E-state index is 11.0. The van der Waals surface area contributed by atoms with Crippen LogP contribution in [0.1, 0.15) is 5.56 Å². The molecule has 102 valence electrons. The fourth-order valence-electron chi connectivity index (χ4n) is 1.35. The van der Waals surface area contributed by atoms with Gasteiger partial charge in [-0.2, -0.15) is 4.73 Å². The lowest BCUT2D eigenvalue weighted by atomic mass is 10.3. The predicted octanol–water partition coefficient (Wildman–Crippen LogP) is -4.10. The third-order valence-electron chi connectivity index (χ3n) is 1.98. The summed E-state index contributed by atoms with van der Waals surface area (Å²) in [5, 5.41) is 11.0. The van der Waals surface area contributed by atoms with Crippen molar-refractivity contribution in [2.24, 2.45) is 0 Å². The fourth-order valence-corrected chi connectivity index (χ4v) is 1.35. The van der Waals surface area contributed by atoms with E-state index >= 15 is 0 Å². The zero-order chi connectivity index (χ0) is 14.3. The number of hydrogen-bond acceptors (Lipinski definition) is 5. The molecule has 0 N–H and O–H groups in total. The molecule has 2 aromatic rings. The molecule has 0 aliphatic heterocycles. The van der Waals surface area contributed by atoms with Gasteiger partial charge in [-0.1, -0.05) is 6.07 Å². The van der Waals surface area contributed by atoms with Crippen LogP contribution in [0.4, 0.5) is 0 Å². The lowest BCUT2D eigenvalue weighted by Gasteiger charge is -2.17. The molecule has 0 radical (unpaired) electrons. The maximum absolute atomic E-state index is 11.0. The standard InChI is InChI=1S/C11H11N2O.ClHO4/c14-13-8-4-5-11(10-13)9-12-6-2-1-3-7-12;2-1(3,4)5/h1-8,10H,9H2;(H,2,3,4,5)/q+1;/p-1. The first-order valence-corrected chi connectivity index (χ1v) is 6.31. The van der Waals surface area contributed by atoms with Gasteiger partial charge in [0, 0.05) is 18.2 Å². The lowest BCUT2D eigenvalue weighted by Crippen LogP contribution is -2.68. The summed E-state index contributed by atoms with van der Waals surface area (Å²) in [6, 6.07) is 9.60. The second-order valence-electron chi connectivity index (χ2n) is 3.50. The van der Waals surface area contributed by atoms with Crippen LogP contribution in [0.3, 0.4) is 0 Å². The molecule has 0 aromatic carbocycles. The zero-order valence-corrected chi connectivity index (χ0v) is 10.5. The second-order valence-corrected chi connectivity index (χ2v) is 4.25. The van der Waals surface area contributed by atoms with E-state index in [1.807, 2.05) is 41.2 Å². The minimum atomic E-state index is -4.94. The van der Waals surface area contributed by atoms with Crippen LogP contribution in [0.25, 0.3) is 0 Å². The molecule has 2 aromatic heterocycles. The van der Waals surface area contributed by atoms with Gasteiger partial charge in [0.15, 0.2) is 31.3 Å². The molecule has 0 atom stereocenters. The molecule has 2 rings (SSSR count). The van der Waals surface area contributed by atoms with Crippen LogP contribution in [0.5, 0.6) is 0 Å². The van der Waals surface area contributed by atoms with E-state index in [1.54, 1.807) is 12.3 Å². The first kappa shape index (κ1) is 15.3. The molecular formula is C11H11ClN2O5. The Balaban J connectivity index is 0.000000312. The quantitative estimate of drug-likeness (QED) is 0.410. The van der Waals surface area contributed by atoms with E-state index in [0.717, 1.165) is 16.8 Å². The van der Waals surface area contributed by atoms with E-state index in [1.165, 1.54) is 6.20 Å². The van der Waals surface area contributed by atoms with Crippen molar-refractivity contribution in [3.8, 4) is 0 Å². The Morgan fingerprint density at radius 2 is 1.47 bits per heavy atom. The number of hydrogen-bond donors (Lipinski definition) is 0. The summed E-state index contributed by atoms with van der Waals surface area (Å²) in [6.45, 7) is 0.726. The van der Waals surface area contributed by atoms with Gasteiger partial charge in [-0.05, 0) is 6.07 Å². The Kier molecular flexibility index (Phi) is 5.61. The summed E-state index contributed by atoms with van der Waals surface area (Å²) >= 11 is 0. The van der Waals surface area contributed by atoms with Crippen molar-refractivity contribution in [2.45, 2.75) is 6.54 Å². The van der Waals surface area contributed by atoms with Crippen molar-refractivity contribution in [1.82, 2.24) is 0 Å². The Morgan fingerprint density at radius 1 is 0.895 bits per heavy atom. The molecule has 2 heterocycles. The van der Waals surface area contributed by atoms with E-state index in [4.69, 9.17) is 18.6 Å². The van der Waals surface area contributed by atoms with Crippen LogP contribution >= 0.6 is 0 Å². The summed E-state index contributed by atoms with van der Waals surface area (Å²) in [5.41, 5.74) is 0.999. The molecule has 0 amide bonds. The number of aromatic nitrogens is 2. The number of nitrogens with zero attached hydrogens (tertiary/aromatic N) is 2. The van der Waals surface area contributed by atoms with Gasteiger partial charge in [0.1, 0.15) is 0 Å². The van der Waals surface area contributed by atoms with E-state index in [0.29, 0.717) is 0 Å². The van der Waals surface area contributed by atoms with Crippen LogP contribution in [-0.2, 0) is 6.54 Å². The van der Waals surface area contributed by atoms with E-state index in [2.05, 4.69) is 0 Å². The van der Waals surface area contributed by atoms with Gasteiger partial charge in [-0.15, -0.1) is 10.2 Å². The molecule has 0 aliphatic carbocycles. The Labute approximate surface area is 111 Å². The average Bonchev–Trinajstić information content (AvgIpc) is 2.28. The van der Waals surface area contributed by atoms with Gasteiger partial charge in [0.2, 0.25) is 0 Å². The first-order valence-electron chi connectivity index (χ1n) is 5.08. The van der Waals surface area contributed by atoms with Gasteiger partial charge in [0.25, 0.3) is 0 Å². The predicted molar refractivity (Wildman–Crippen MR) is 51.1 cm³/mol. The number of rotatable bonds is 2. The lowest BCUT2D eigenvalue weighted by molar-refractivity contribution is -2.00. The van der Waals surface area contributed by atoms with Crippen LogP contribution in [0, 0.1) is 15.5 Å². The van der Waals surface area contributed by atoms with Crippen LogP contribution in [0.2, 0.25) is 0 Å². The van der Waals surface area contributed by atoms with Gasteiger partial charge >= 0.3 is 0 Å². The summed E-state index contributed by atoms with van der Waals surface area (Å²) in [7, 11) is -4.94. The maximum Gasteiger partial charge on any atom is 0.189 e. The highest BCUT2D eigenvalue weighted by Crippen LogP contribution is 1.92. The van der Waals surface area contributed by atoms with E-state index < -0.39 is 10.2 Å². The van der Waals surface area contributed by atoms with Gasteiger partial charge in [0.05, 0.1) is 5.56 Å². The van der Waals surface area contributed by atoms with Crippen LogP contribution in [-0.4, -0.2) is 0 Å². The normalized spacial score (nSPS) is 10.5. The molecule has 0 spiro atoms. The molecule has 0 bridgehead atoms. The largest absolute Gasteiger partial charge is 0.619 e. The molecule has 0 saturated heterocycles. The topological polar surface area (TPSA) is 123 Å². The van der Waals surface area contributed by atoms with E-state index in [9.17, 15) is 5.21 Å². The molecule has 0 fully saturated rings. The highest BCUT2D eigenvalue weighted by atomic mass is 35.7. The highest BCUT2D eigenvalue weighted by Gasteiger charge is 2.03. The second kappa shape index (κ2) is 6.98. The Morgan fingerprint density at radius 3 is 2.00 bits per heavy atom. The fraction of sp³-hybridized carbons (Fsp3) is 0.0909. The third kappa shape index (κ3) is 8.03. The summed E-state index contributed by atoms with van der Waals surface area (Å²) in [6.07, 6.45) is 7.02. The van der Waals surface area contributed by atoms with Crippen LogP contribution < -0.4 is 27.9 Å². The number of pyridine rings is 2. The van der Waals surface area contributed by atoms with Gasteiger partial charge in [-0.3, -0.25) is 0 Å². The summed E-state index contributed by atoms with van der Waals surface area (Å²) < 4.78 is 36.8. The smallest absolute Gasteiger partial charge is 0.189 e. The Bertz CT molecular complexity index is 498. The molecule has 7 nitrogen and oxygen atoms in total. The third-order valence-corrected chi connectivity index (χ3v) is 1.98. The van der Waals surface area contributed by atoms with Crippen LogP contribution in [0.15, 0.2) is 55.1 Å². The average molecular weight is 287 g/mol. The monoisotopic (exact) mass is 286 g/mol.